The number of hydrogen-bond donors (Lipinski definition) is 1. The molecule has 0 radical (unpaired) electrons. The second-order valence-corrected chi connectivity index (χ2v) is 10.7. The predicted molar refractivity (Wildman–Crippen MR) is 165 cm³/mol. The van der Waals surface area contributed by atoms with Crippen LogP contribution in [-0.4, -0.2) is 44.9 Å². The smallest absolute Gasteiger partial charge is 0.329 e. The van der Waals surface area contributed by atoms with Gasteiger partial charge in [-0.15, -0.1) is 11.8 Å². The highest BCUT2D eigenvalue weighted by atomic mass is 32.2. The Morgan fingerprint density at radius 1 is 0.800 bits per heavy atom. The molecule has 5 nitrogen and oxygen atoms in total. The molecule has 0 aromatic heterocycles. The molecule has 0 aliphatic carbocycles. The van der Waals surface area contributed by atoms with Gasteiger partial charge in [0.2, 0.25) is 5.91 Å². The number of esters is 1. The van der Waals surface area contributed by atoms with Crippen LogP contribution in [0.3, 0.4) is 0 Å². The topological polar surface area (TPSA) is 58.6 Å². The lowest BCUT2D eigenvalue weighted by Gasteiger charge is -2.36. The first kappa shape index (κ1) is 28.7. The van der Waals surface area contributed by atoms with Crippen LogP contribution in [0.15, 0.2) is 121 Å². The normalized spacial score (nSPS) is 12.1. The Morgan fingerprint density at radius 2 is 1.27 bits per heavy atom. The van der Waals surface area contributed by atoms with Crippen LogP contribution in [-0.2, 0) is 19.1 Å². The van der Waals surface area contributed by atoms with Gasteiger partial charge in [0, 0.05) is 31.6 Å². The van der Waals surface area contributed by atoms with Gasteiger partial charge in [-0.2, -0.15) is 0 Å². The molecule has 1 amide bonds. The summed E-state index contributed by atoms with van der Waals surface area (Å²) in [6.07, 6.45) is 3.18. The van der Waals surface area contributed by atoms with E-state index in [1.54, 1.807) is 17.8 Å². The molecule has 1 N–H and O–H groups in total. The average Bonchev–Trinajstić information content (AvgIpc) is 3.01. The van der Waals surface area contributed by atoms with E-state index in [0.29, 0.717) is 5.75 Å². The molecule has 0 unspecified atom stereocenters. The van der Waals surface area contributed by atoms with E-state index in [1.807, 2.05) is 97.9 Å². The average molecular weight is 551 g/mol. The maximum Gasteiger partial charge on any atom is 0.329 e. The molecule has 0 aliphatic rings. The van der Waals surface area contributed by atoms with E-state index in [-0.39, 0.29) is 5.91 Å². The third-order valence-corrected chi connectivity index (χ3v) is 8.29. The van der Waals surface area contributed by atoms with Crippen molar-refractivity contribution in [3.63, 3.8) is 0 Å². The van der Waals surface area contributed by atoms with Crippen LogP contribution in [0.1, 0.15) is 22.3 Å². The Balaban J connectivity index is 1.62. The van der Waals surface area contributed by atoms with Crippen LogP contribution in [0, 0.1) is 0 Å². The molecule has 0 fully saturated rings. The monoisotopic (exact) mass is 550 g/mol. The first-order valence-electron chi connectivity index (χ1n) is 13.1. The molecule has 4 rings (SSSR count). The Bertz CT molecular complexity index is 1310. The summed E-state index contributed by atoms with van der Waals surface area (Å²) in [4.78, 5) is 27.8. The number of hydrogen-bond acceptors (Lipinski definition) is 5. The van der Waals surface area contributed by atoms with Gasteiger partial charge in [-0.1, -0.05) is 103 Å². The maximum atomic E-state index is 12.9. The van der Waals surface area contributed by atoms with Crippen LogP contribution in [0.5, 0.6) is 0 Å². The molecule has 4 aromatic rings. The number of carbonyl (C=O) groups is 2. The Kier molecular flexibility index (Phi) is 9.81. The lowest BCUT2D eigenvalue weighted by Crippen LogP contribution is -2.43. The summed E-state index contributed by atoms with van der Waals surface area (Å²) in [5, 5.41) is 2.87. The van der Waals surface area contributed by atoms with Gasteiger partial charge in [-0.05, 0) is 40.5 Å². The fourth-order valence-corrected chi connectivity index (χ4v) is 6.11. The molecule has 0 spiro atoms. The van der Waals surface area contributed by atoms with Gasteiger partial charge < -0.3 is 15.0 Å². The summed E-state index contributed by atoms with van der Waals surface area (Å²) in [6, 6.07) is 37.7. The summed E-state index contributed by atoms with van der Waals surface area (Å²) in [7, 11) is 5.30. The standard InChI is InChI=1S/C34H34N2O3S/c1-36(2)30-22-19-26(20-23-30)21-24-32(37)35-31(33(38)39-3)25-40-34(27-13-7-4-8-14-27,28-15-9-5-10-16-28)29-17-11-6-12-18-29/h4-24,31H,25H2,1-3H3,(H,35,37)/b24-21+/t31-/m1/s1. The molecule has 0 heterocycles. The molecule has 6 heteroatoms. The minimum absolute atomic E-state index is 0.294. The number of nitrogens with zero attached hydrogens (tertiary/aromatic N) is 1. The van der Waals surface area contributed by atoms with Gasteiger partial charge in [0.05, 0.1) is 11.9 Å². The van der Waals surface area contributed by atoms with Crippen molar-refractivity contribution in [1.82, 2.24) is 5.32 Å². The highest BCUT2D eigenvalue weighted by molar-refractivity contribution is 8.00. The largest absolute Gasteiger partial charge is 0.467 e. The Morgan fingerprint density at radius 3 is 1.70 bits per heavy atom. The number of amides is 1. The number of methoxy groups -OCH3 is 1. The summed E-state index contributed by atoms with van der Waals surface area (Å²) < 4.78 is 4.48. The zero-order valence-corrected chi connectivity index (χ0v) is 23.8. The van der Waals surface area contributed by atoms with Crippen molar-refractivity contribution in [2.24, 2.45) is 0 Å². The second kappa shape index (κ2) is 13.7. The van der Waals surface area contributed by atoms with Gasteiger partial charge in [0.15, 0.2) is 0 Å². The van der Waals surface area contributed by atoms with Crippen molar-refractivity contribution >= 4 is 35.4 Å². The van der Waals surface area contributed by atoms with Crippen LogP contribution in [0.25, 0.3) is 6.08 Å². The number of benzene rings is 4. The van der Waals surface area contributed by atoms with Crippen molar-refractivity contribution in [2.45, 2.75) is 10.8 Å². The molecule has 0 bridgehead atoms. The predicted octanol–water partition coefficient (Wildman–Crippen LogP) is 6.15. The second-order valence-electron chi connectivity index (χ2n) is 9.49. The zero-order valence-electron chi connectivity index (χ0n) is 23.0. The van der Waals surface area contributed by atoms with Gasteiger partial charge in [0.1, 0.15) is 6.04 Å². The SMILES string of the molecule is COC(=O)[C@@H](CSC(c1ccccc1)(c1ccccc1)c1ccccc1)NC(=O)/C=C/c1ccc(N(C)C)cc1. The zero-order chi connectivity index (χ0) is 28.4. The number of rotatable bonds is 11. The van der Waals surface area contributed by atoms with E-state index < -0.39 is 16.8 Å². The number of nitrogens with one attached hydrogen (secondary N) is 1. The number of anilines is 1. The van der Waals surface area contributed by atoms with E-state index >= 15 is 0 Å². The summed E-state index contributed by atoms with van der Waals surface area (Å²) >= 11 is 1.60. The molecule has 0 saturated heterocycles. The summed E-state index contributed by atoms with van der Waals surface area (Å²) in [6.45, 7) is 0. The van der Waals surface area contributed by atoms with E-state index in [0.717, 1.165) is 27.9 Å². The van der Waals surface area contributed by atoms with E-state index in [2.05, 4.69) is 41.7 Å². The van der Waals surface area contributed by atoms with Crippen molar-refractivity contribution in [2.75, 3.05) is 31.9 Å². The minimum atomic E-state index is -0.848. The lowest BCUT2D eigenvalue weighted by atomic mass is 9.84. The fraction of sp³-hybridized carbons (Fsp3) is 0.176. The van der Waals surface area contributed by atoms with Crippen molar-refractivity contribution in [1.29, 1.82) is 0 Å². The molecule has 40 heavy (non-hydrogen) atoms. The number of ether oxygens (including phenoxy) is 1. The summed E-state index contributed by atoms with van der Waals surface area (Å²) in [5.74, 6) is -0.562. The Hall–Kier alpha value is -4.29. The minimum Gasteiger partial charge on any atom is -0.467 e. The number of carbonyl (C=O) groups excluding carboxylic acids is 2. The van der Waals surface area contributed by atoms with Crippen molar-refractivity contribution in [3.05, 3.63) is 144 Å². The molecule has 0 saturated carbocycles. The van der Waals surface area contributed by atoms with Crippen LogP contribution in [0.4, 0.5) is 5.69 Å². The fourth-order valence-electron chi connectivity index (χ4n) is 4.56. The molecule has 1 atom stereocenters. The van der Waals surface area contributed by atoms with Crippen LogP contribution in [0.2, 0.25) is 0 Å². The van der Waals surface area contributed by atoms with Gasteiger partial charge in [0.25, 0.3) is 0 Å². The first-order valence-corrected chi connectivity index (χ1v) is 14.1. The lowest BCUT2D eigenvalue weighted by molar-refractivity contribution is -0.143. The van der Waals surface area contributed by atoms with Crippen LogP contribution < -0.4 is 10.2 Å². The molecular weight excluding hydrogens is 516 g/mol. The highest BCUT2D eigenvalue weighted by Gasteiger charge is 2.38. The molecule has 4 aromatic carbocycles. The maximum absolute atomic E-state index is 12.9. The van der Waals surface area contributed by atoms with Gasteiger partial charge in [-0.3, -0.25) is 4.79 Å². The quantitative estimate of drug-likeness (QED) is 0.138. The third kappa shape index (κ3) is 6.82. The van der Waals surface area contributed by atoms with Crippen LogP contribution >= 0.6 is 11.8 Å². The van der Waals surface area contributed by atoms with Gasteiger partial charge in [-0.25, -0.2) is 4.79 Å². The summed E-state index contributed by atoms with van der Waals surface area (Å²) in [5.41, 5.74) is 5.19. The van der Waals surface area contributed by atoms with Crippen molar-refractivity contribution < 1.29 is 14.3 Å². The van der Waals surface area contributed by atoms with E-state index in [4.69, 9.17) is 4.74 Å². The number of thioether (sulfide) groups is 1. The van der Waals surface area contributed by atoms with Crippen molar-refractivity contribution in [3.8, 4) is 0 Å². The molecule has 204 valence electrons. The van der Waals surface area contributed by atoms with E-state index in [9.17, 15) is 9.59 Å². The van der Waals surface area contributed by atoms with Gasteiger partial charge >= 0.3 is 5.97 Å². The molecule has 0 aliphatic heterocycles. The third-order valence-electron chi connectivity index (χ3n) is 6.65. The molecular formula is C34H34N2O3S. The first-order chi connectivity index (χ1) is 19.4. The van der Waals surface area contributed by atoms with E-state index in [1.165, 1.54) is 13.2 Å². The highest BCUT2D eigenvalue weighted by Crippen LogP contribution is 2.48. The Labute approximate surface area is 240 Å².